The number of benzene rings is 13. The van der Waals surface area contributed by atoms with Gasteiger partial charge in [0.2, 0.25) is 20.7 Å². The molecule has 13 aromatic rings. The van der Waals surface area contributed by atoms with Gasteiger partial charge < -0.3 is 55.1 Å². The number of sulfonamides is 1. The summed E-state index contributed by atoms with van der Waals surface area (Å²) < 4.78 is 149. The Morgan fingerprint density at radius 2 is 0.884 bits per heavy atom. The fraction of sp³-hybridized carbons (Fsp3) is 0.204. The molecule has 0 fully saturated rings. The van der Waals surface area contributed by atoms with Crippen molar-refractivity contribution in [2.45, 2.75) is 110 Å². The van der Waals surface area contributed by atoms with Crippen LogP contribution in [-0.2, 0) is 66.2 Å². The van der Waals surface area contributed by atoms with Crippen molar-refractivity contribution in [3.63, 3.8) is 0 Å². The molecule has 0 atom stereocenters. The number of para-hydroxylation sites is 1. The number of hydrogen-bond donors (Lipinski definition) is 4. The Labute approximate surface area is 922 Å². The average Bonchev–Trinajstić information content (AvgIpc) is 0.724. The number of carboxylic acids is 1. The van der Waals surface area contributed by atoms with Crippen molar-refractivity contribution in [2.24, 2.45) is 14.1 Å². The van der Waals surface area contributed by atoms with Crippen LogP contribution in [0.25, 0.3) is 111 Å². The van der Waals surface area contributed by atoms with Crippen molar-refractivity contribution in [1.29, 1.82) is 0 Å². The first-order valence-electron chi connectivity index (χ1n) is 46.8. The van der Waals surface area contributed by atoms with Crippen LogP contribution in [0.2, 0.25) is 0 Å². The molecule has 0 amide bonds. The second-order valence-electron chi connectivity index (χ2n) is 34.9. The number of hydrogen-bond acceptors (Lipinski definition) is 21. The van der Waals surface area contributed by atoms with Crippen LogP contribution in [0.5, 0.6) is 0 Å². The molecule has 0 saturated heterocycles. The van der Waals surface area contributed by atoms with Crippen molar-refractivity contribution < 1.29 is 164 Å². The first-order valence-corrected chi connectivity index (χ1v) is 52.1. The minimum absolute atomic E-state index is 0. The Morgan fingerprint density at radius 3 is 1.36 bits per heavy atom. The van der Waals surface area contributed by atoms with Crippen LogP contribution in [0, 0.1) is 35.1 Å². The minimum atomic E-state index is -5.18. The van der Waals surface area contributed by atoms with Gasteiger partial charge >= 0.3 is 105 Å². The number of aromatic nitrogens is 2. The van der Waals surface area contributed by atoms with Gasteiger partial charge in [0.15, 0.2) is 11.6 Å². The van der Waals surface area contributed by atoms with E-state index in [2.05, 4.69) is 119 Å². The minimum Gasteiger partial charge on any atom is -0.744 e. The molecule has 0 unspecified atom stereocenters. The summed E-state index contributed by atoms with van der Waals surface area (Å²) in [7, 11) is -13.8. The van der Waals surface area contributed by atoms with E-state index in [1.54, 1.807) is 65.7 Å². The predicted molar refractivity (Wildman–Crippen MR) is 565 cm³/mol. The van der Waals surface area contributed by atoms with Crippen LogP contribution in [0.3, 0.4) is 0 Å². The molecular weight excluding hydrogens is 1970 g/mol. The first kappa shape index (κ1) is 115. The maximum Gasteiger partial charge on any atom is 1.00 e. The Kier molecular flexibility index (Phi) is 38.6. The third-order valence-electron chi connectivity index (χ3n) is 25.7. The molecule has 6 aliphatic rings. The molecule has 0 bridgehead atoms. The van der Waals surface area contributed by atoms with Crippen LogP contribution in [-0.4, -0.2) is 125 Å². The fourth-order valence-electron chi connectivity index (χ4n) is 19.0. The van der Waals surface area contributed by atoms with Gasteiger partial charge in [-0.05, 0) is 215 Å². The molecule has 147 heavy (non-hydrogen) atoms. The summed E-state index contributed by atoms with van der Waals surface area (Å²) >= 11 is 0. The van der Waals surface area contributed by atoms with Crippen LogP contribution < -0.4 is 140 Å². The molecule has 19 rings (SSSR count). The zero-order valence-electron chi connectivity index (χ0n) is 84.8. The van der Waals surface area contributed by atoms with Gasteiger partial charge in [-0.25, -0.2) is 39.1 Å². The van der Waals surface area contributed by atoms with Gasteiger partial charge in [-0.1, -0.05) is 141 Å². The molecule has 4 aliphatic carbocycles. The van der Waals surface area contributed by atoms with Gasteiger partial charge in [-0.3, -0.25) is 24.0 Å². The second kappa shape index (κ2) is 49.3. The van der Waals surface area contributed by atoms with Crippen LogP contribution in [0.1, 0.15) is 126 Å². The summed E-state index contributed by atoms with van der Waals surface area (Å²) in [6.45, 7) is 25.3. The van der Waals surface area contributed by atoms with Crippen molar-refractivity contribution in [1.82, 2.24) is 23.0 Å². The molecule has 0 spiro atoms. The number of carbonyl (C=O) groups excluding carboxylic acids is 2. The Hall–Kier alpha value is -12.2. The molecule has 2 aromatic heterocycles. The number of carboxylic acid groups (broad SMARTS) is 1. The molecule has 0 saturated carbocycles. The largest absolute Gasteiger partial charge is 1.00 e. The summed E-state index contributed by atoms with van der Waals surface area (Å²) in [6.07, 6.45) is 2.33. The zero-order chi connectivity index (χ0) is 102. The van der Waals surface area contributed by atoms with Gasteiger partial charge in [-0.15, -0.1) is 12.6 Å². The standard InChI is InChI=1S/C34H35NO4S.C30H35N3O8S2.C25H20N2O2.C23H16N2O2.CH3.3Na.O3S/c1-5-18-35(19-6-2)26-15-17-28-32(22-26)39-31-21-25(20-30-23(3)10-9-11-24(30)4)14-16-27(31)34(28)29-12-7-8-13-33(29)40(36,37)38;1-5-32(6-2)20-9-12-23-26(17-20)41-27-18-21(33(7-3)8-4)10-13-24(27)30(23)25-14-11-22(19-28(25)43(38,39)40)42(36,37)31-16-15-29(34)35;1-14-10-15(2)12-16(11-14)26-20-8-9-21-23-19(13-22(28)27(21)3)17-6-4-5-7-18(17)25(29)24(20)23;1-25-19-12-11-18(24-14-7-3-2-4-8-14)22-21(19)17(13-20(25)26)15-9-5-6-10-16(15)23(22)27;;;;;1-4(2)3/h7-17,21-22H,5-6,18-20H2,1-4H3;9-14,17-19,31H,5-8,15-16H2,1-4H3,(H-,34,35,38,39,40);4-13,26H,1-3H3;2-13,24H,1H3;1H3;;;;/q;;;;-1;3*+1;. The van der Waals surface area contributed by atoms with E-state index in [9.17, 15) is 58.3 Å². The van der Waals surface area contributed by atoms with Crippen LogP contribution in [0.4, 0.5) is 28.4 Å². The van der Waals surface area contributed by atoms with Gasteiger partial charge in [0.05, 0.1) is 66.8 Å². The van der Waals surface area contributed by atoms with Crippen molar-refractivity contribution in [3.8, 4) is 67.2 Å². The topological polar surface area (TPSA) is 387 Å². The third-order valence-corrected chi connectivity index (χ3v) is 28.9. The molecule has 4 heterocycles. The first-order chi connectivity index (χ1) is 68.4. The quantitative estimate of drug-likeness (QED) is 0.0143. The maximum atomic E-state index is 13.5. The molecule has 34 heteroatoms. The van der Waals surface area contributed by atoms with E-state index in [1.165, 1.54) is 34.9 Å². The van der Waals surface area contributed by atoms with E-state index in [4.69, 9.17) is 26.6 Å². The monoisotopic (exact) mass is 2080 g/mol. The molecule has 27 nitrogen and oxygen atoms in total. The number of fused-ring (bicyclic) bond motifs is 8. The van der Waals surface area contributed by atoms with E-state index in [1.807, 2.05) is 179 Å². The third kappa shape index (κ3) is 25.0. The van der Waals surface area contributed by atoms with Crippen LogP contribution >= 0.6 is 0 Å². The molecule has 0 radical (unpaired) electrons. The number of nitrogens with zero attached hydrogens (tertiary/aromatic N) is 5. The van der Waals surface area contributed by atoms with Gasteiger partial charge in [0.25, 0.3) is 11.1 Å². The van der Waals surface area contributed by atoms with Crippen molar-refractivity contribution in [3.05, 3.63) is 361 Å². The molecule has 740 valence electrons. The summed E-state index contributed by atoms with van der Waals surface area (Å²) in [6, 6.07) is 81.2. The molecular formula is C113H109N8Na3O19S4+2. The van der Waals surface area contributed by atoms with E-state index in [0.717, 1.165) is 175 Å². The smallest absolute Gasteiger partial charge is 0.744 e. The van der Waals surface area contributed by atoms with Crippen molar-refractivity contribution >= 4 is 131 Å². The molecule has 2 aliphatic heterocycles. The Balaban J connectivity index is 0.000000185. The van der Waals surface area contributed by atoms with Crippen LogP contribution in [0.15, 0.2) is 300 Å². The number of aliphatic carboxylic acids is 1. The zero-order valence-corrected chi connectivity index (χ0v) is 94.1. The SMILES string of the molecule is CCC[N+](CCC)=c1ccc2c(-c3ccccc3S(=O)(=O)[O-])c3ccc(Cc4c(C)cccc4C)cc3oc-2c1.CCN(CC)c1ccc2c(-c3ccc(S(=O)(=O)NCCC(=O)O)cc3S(=O)(=O)[O-])c3ccc(=[N+](CC)CC)cc-3oc2c1.Cc1cc(C)cc(Nc2ccc3c4c(cc(=O)n3C)-c3ccccc3C(=O)c24)c1.Cn1c(=O)cc2c3c(c(Nc4ccccc4)ccc31)C(=O)c1ccccc1-2.O=S(=O)=O.[CH3-].[Na+].[Na+].[Na+]. The number of pyridine rings is 2. The molecule has 11 aromatic carbocycles. The number of aryl methyl sites for hydroxylation is 6. The number of nitrogens with one attached hydrogen (secondary N) is 3. The number of rotatable bonds is 24. The van der Waals surface area contributed by atoms with E-state index < -0.39 is 69.6 Å². The summed E-state index contributed by atoms with van der Waals surface area (Å²) in [4.78, 5) is 63.5. The summed E-state index contributed by atoms with van der Waals surface area (Å²) in [5, 5.41) is 20.6. The van der Waals surface area contributed by atoms with Gasteiger partial charge in [0, 0.05) is 160 Å². The van der Waals surface area contributed by atoms with E-state index in [-0.39, 0.29) is 129 Å². The van der Waals surface area contributed by atoms with Crippen molar-refractivity contribution in [2.75, 3.05) is 61.3 Å². The summed E-state index contributed by atoms with van der Waals surface area (Å²) in [5.41, 5.74) is 22.4. The number of ketones is 2. The van der Waals surface area contributed by atoms with E-state index in [0.29, 0.717) is 72.6 Å². The fourth-order valence-corrected chi connectivity index (χ4v) is 21.6. The second-order valence-corrected chi connectivity index (χ2v) is 39.8. The predicted octanol–water partition coefficient (Wildman–Crippen LogP) is 10.5. The average molecular weight is 2080 g/mol. The Morgan fingerprint density at radius 1 is 0.442 bits per heavy atom. The van der Waals surface area contributed by atoms with Gasteiger partial charge in [0.1, 0.15) is 69.1 Å². The van der Waals surface area contributed by atoms with Gasteiger partial charge in [-0.2, -0.15) is 0 Å². The maximum absolute atomic E-state index is 13.5. The number of anilines is 5. The normalized spacial score (nSPS) is 11.6. The van der Waals surface area contributed by atoms with E-state index >= 15 is 0 Å². The summed E-state index contributed by atoms with van der Waals surface area (Å²) in [5.74, 6) is -0.142. The Bertz CT molecular complexity index is 8650. The number of carbonyl (C=O) groups is 3. The molecule has 4 N–H and O–H groups in total.